The van der Waals surface area contributed by atoms with E-state index in [2.05, 4.69) is 10.3 Å². The number of rotatable bonds is 4. The first-order valence-electron chi connectivity index (χ1n) is 5.83. The first-order chi connectivity index (χ1) is 8.37. The number of alkyl carbamates (subject to hydrolysis) is 1. The lowest BCUT2D eigenvalue weighted by Gasteiger charge is -2.21. The molecule has 1 aromatic rings. The third-order valence-electron chi connectivity index (χ3n) is 2.17. The van der Waals surface area contributed by atoms with Crippen LogP contribution in [0.5, 0.6) is 0 Å². The van der Waals surface area contributed by atoms with Gasteiger partial charge in [0.1, 0.15) is 23.8 Å². The van der Waals surface area contributed by atoms with Gasteiger partial charge < -0.3 is 19.4 Å². The summed E-state index contributed by atoms with van der Waals surface area (Å²) in [7, 11) is 0. The number of hydrogen-bond donors (Lipinski definition) is 1. The molecule has 0 saturated heterocycles. The molecule has 1 N–H and O–H groups in total. The number of aromatic nitrogens is 2. The van der Waals surface area contributed by atoms with Crippen molar-refractivity contribution < 1.29 is 14.3 Å². The van der Waals surface area contributed by atoms with Crippen molar-refractivity contribution >= 4 is 12.4 Å². The largest absolute Gasteiger partial charge is 0.444 e. The summed E-state index contributed by atoms with van der Waals surface area (Å²) < 4.78 is 6.88. The van der Waals surface area contributed by atoms with Gasteiger partial charge in [0.05, 0.1) is 0 Å². The summed E-state index contributed by atoms with van der Waals surface area (Å²) in [6.07, 6.45) is 3.35. The minimum absolute atomic E-state index is 0.498. The molecule has 0 aromatic carbocycles. The van der Waals surface area contributed by atoms with Crippen LogP contribution in [0.1, 0.15) is 39.6 Å². The number of imidazole rings is 1. The van der Waals surface area contributed by atoms with Crippen LogP contribution in [0, 0.1) is 0 Å². The van der Waals surface area contributed by atoms with Crippen LogP contribution in [0.4, 0.5) is 4.79 Å². The van der Waals surface area contributed by atoms with E-state index < -0.39 is 17.7 Å². The van der Waals surface area contributed by atoms with E-state index in [1.807, 2.05) is 6.92 Å². The molecule has 0 saturated carbocycles. The lowest BCUT2D eigenvalue weighted by atomic mass is 10.2. The number of carbonyl (C=O) groups is 2. The summed E-state index contributed by atoms with van der Waals surface area (Å²) in [5.41, 5.74) is -0.600. The molecule has 1 atom stereocenters. The summed E-state index contributed by atoms with van der Waals surface area (Å²) in [5.74, 6) is 0.498. The van der Waals surface area contributed by atoms with Crippen LogP contribution < -0.4 is 5.32 Å². The first kappa shape index (κ1) is 14.2. The lowest BCUT2D eigenvalue weighted by molar-refractivity contribution is -0.110. The Morgan fingerprint density at radius 1 is 1.61 bits per heavy atom. The number of nitrogens with zero attached hydrogens (tertiary/aromatic N) is 2. The van der Waals surface area contributed by atoms with Gasteiger partial charge in [0, 0.05) is 18.9 Å². The molecular weight excluding hydrogens is 234 g/mol. The predicted molar refractivity (Wildman–Crippen MR) is 66.1 cm³/mol. The molecule has 0 aliphatic rings. The molecule has 18 heavy (non-hydrogen) atoms. The van der Waals surface area contributed by atoms with Gasteiger partial charge in [-0.2, -0.15) is 0 Å². The molecule has 1 unspecified atom stereocenters. The van der Waals surface area contributed by atoms with E-state index in [1.54, 1.807) is 37.7 Å². The average Bonchev–Trinajstić information content (AvgIpc) is 2.71. The van der Waals surface area contributed by atoms with Crippen molar-refractivity contribution in [2.24, 2.45) is 0 Å². The quantitative estimate of drug-likeness (QED) is 0.828. The Morgan fingerprint density at radius 2 is 2.28 bits per heavy atom. The SMILES string of the molecule is CCn1ccnc1C(C=O)NC(=O)OC(C)(C)C. The fourth-order valence-corrected chi connectivity index (χ4v) is 1.46. The highest BCUT2D eigenvalue weighted by Gasteiger charge is 2.22. The topological polar surface area (TPSA) is 73.2 Å². The number of ether oxygens (including phenoxy) is 1. The van der Waals surface area contributed by atoms with Crippen LogP contribution >= 0.6 is 0 Å². The van der Waals surface area contributed by atoms with Crippen molar-refractivity contribution in [3.8, 4) is 0 Å². The Morgan fingerprint density at radius 3 is 2.78 bits per heavy atom. The third kappa shape index (κ3) is 3.87. The van der Waals surface area contributed by atoms with Gasteiger partial charge in [0.15, 0.2) is 0 Å². The molecule has 6 heteroatoms. The van der Waals surface area contributed by atoms with Crippen molar-refractivity contribution in [1.82, 2.24) is 14.9 Å². The second-order valence-corrected chi connectivity index (χ2v) is 4.83. The summed E-state index contributed by atoms with van der Waals surface area (Å²) in [4.78, 5) is 26.7. The second-order valence-electron chi connectivity index (χ2n) is 4.83. The van der Waals surface area contributed by atoms with E-state index in [9.17, 15) is 9.59 Å². The van der Waals surface area contributed by atoms with Crippen LogP contribution in [0.15, 0.2) is 12.4 Å². The Labute approximate surface area is 106 Å². The molecule has 100 valence electrons. The van der Waals surface area contributed by atoms with E-state index in [-0.39, 0.29) is 0 Å². The van der Waals surface area contributed by atoms with Gasteiger partial charge in [-0.15, -0.1) is 0 Å². The van der Waals surface area contributed by atoms with Crippen molar-refractivity contribution in [3.63, 3.8) is 0 Å². The maximum Gasteiger partial charge on any atom is 0.408 e. The third-order valence-corrected chi connectivity index (χ3v) is 2.17. The van der Waals surface area contributed by atoms with E-state index in [0.29, 0.717) is 18.7 Å². The Bertz CT molecular complexity index is 420. The van der Waals surface area contributed by atoms with Crippen molar-refractivity contribution in [2.75, 3.05) is 0 Å². The second kappa shape index (κ2) is 5.66. The normalized spacial score (nSPS) is 12.9. The zero-order valence-corrected chi connectivity index (χ0v) is 11.1. The first-order valence-corrected chi connectivity index (χ1v) is 5.83. The van der Waals surface area contributed by atoms with Gasteiger partial charge in [-0.1, -0.05) is 0 Å². The van der Waals surface area contributed by atoms with Gasteiger partial charge in [0.25, 0.3) is 0 Å². The number of aldehydes is 1. The fraction of sp³-hybridized carbons (Fsp3) is 0.583. The minimum atomic E-state index is -0.796. The monoisotopic (exact) mass is 253 g/mol. The van der Waals surface area contributed by atoms with Gasteiger partial charge in [-0.25, -0.2) is 9.78 Å². The predicted octanol–water partition coefficient (Wildman–Crippen LogP) is 1.67. The van der Waals surface area contributed by atoms with E-state index in [4.69, 9.17) is 4.74 Å². The highest BCUT2D eigenvalue weighted by atomic mass is 16.6. The molecule has 6 nitrogen and oxygen atoms in total. The maximum absolute atomic E-state index is 11.6. The zero-order chi connectivity index (χ0) is 13.8. The highest BCUT2D eigenvalue weighted by Crippen LogP contribution is 2.11. The van der Waals surface area contributed by atoms with Crippen LogP contribution in [-0.2, 0) is 16.1 Å². The van der Waals surface area contributed by atoms with Crippen molar-refractivity contribution in [1.29, 1.82) is 0 Å². The maximum atomic E-state index is 11.6. The highest BCUT2D eigenvalue weighted by molar-refractivity contribution is 5.73. The van der Waals surface area contributed by atoms with Crippen LogP contribution in [-0.4, -0.2) is 27.5 Å². The van der Waals surface area contributed by atoms with Crippen LogP contribution in [0.3, 0.4) is 0 Å². The molecule has 1 aromatic heterocycles. The average molecular weight is 253 g/mol. The van der Waals surface area contributed by atoms with E-state index in [1.165, 1.54) is 0 Å². The molecule has 1 heterocycles. The van der Waals surface area contributed by atoms with Gasteiger partial charge in [-0.3, -0.25) is 0 Å². The van der Waals surface area contributed by atoms with E-state index >= 15 is 0 Å². The van der Waals surface area contributed by atoms with Gasteiger partial charge in [0.2, 0.25) is 0 Å². The minimum Gasteiger partial charge on any atom is -0.444 e. The van der Waals surface area contributed by atoms with Gasteiger partial charge in [-0.05, 0) is 27.7 Å². The number of hydrogen-bond acceptors (Lipinski definition) is 4. The lowest BCUT2D eigenvalue weighted by Crippen LogP contribution is -2.36. The summed E-state index contributed by atoms with van der Waals surface area (Å²) >= 11 is 0. The molecule has 0 aliphatic carbocycles. The number of amides is 1. The van der Waals surface area contributed by atoms with Crippen LogP contribution in [0.2, 0.25) is 0 Å². The number of aryl methyl sites for hydroxylation is 1. The molecule has 0 fully saturated rings. The molecular formula is C12H19N3O3. The standard InChI is InChI=1S/C12H19N3O3/c1-5-15-7-6-13-10(15)9(8-16)14-11(17)18-12(2,3)4/h6-9H,5H2,1-4H3,(H,14,17). The fourth-order valence-electron chi connectivity index (χ4n) is 1.46. The Hall–Kier alpha value is -1.85. The van der Waals surface area contributed by atoms with Crippen molar-refractivity contribution in [2.45, 2.75) is 45.9 Å². The van der Waals surface area contributed by atoms with Crippen LogP contribution in [0.25, 0.3) is 0 Å². The van der Waals surface area contributed by atoms with E-state index in [0.717, 1.165) is 0 Å². The summed E-state index contributed by atoms with van der Waals surface area (Å²) in [6.45, 7) is 7.89. The van der Waals surface area contributed by atoms with Gasteiger partial charge >= 0.3 is 6.09 Å². The molecule has 0 spiro atoms. The molecule has 1 rings (SSSR count). The number of carbonyl (C=O) groups excluding carboxylic acids is 2. The molecule has 0 radical (unpaired) electrons. The molecule has 1 amide bonds. The van der Waals surface area contributed by atoms with Crippen molar-refractivity contribution in [3.05, 3.63) is 18.2 Å². The summed E-state index contributed by atoms with van der Waals surface area (Å²) in [6, 6.07) is -0.796. The Balaban J connectivity index is 2.74. The Kier molecular flexibility index (Phi) is 4.47. The molecule has 0 bridgehead atoms. The number of nitrogens with one attached hydrogen (secondary N) is 1. The zero-order valence-electron chi connectivity index (χ0n) is 11.1. The summed E-state index contributed by atoms with van der Waals surface area (Å²) in [5, 5.41) is 2.49. The molecule has 0 aliphatic heterocycles. The smallest absolute Gasteiger partial charge is 0.408 e.